The van der Waals surface area contributed by atoms with Crippen LogP contribution in [0.15, 0.2) is 41.4 Å². The molecule has 2 atom stereocenters. The number of nitrogens with zero attached hydrogens (tertiary/aromatic N) is 4. The highest BCUT2D eigenvalue weighted by Crippen LogP contribution is 2.40. The maximum absolute atomic E-state index is 15.4. The summed E-state index contributed by atoms with van der Waals surface area (Å²) in [6, 6.07) is 7.95. The number of aryl methyl sites for hydroxylation is 1. The molecule has 1 aromatic heterocycles. The highest BCUT2D eigenvalue weighted by Gasteiger charge is 2.57. The second kappa shape index (κ2) is 7.58. The molecule has 4 rings (SSSR count). The van der Waals surface area contributed by atoms with Crippen LogP contribution < -0.4 is 4.90 Å². The number of aromatic nitrogens is 2. The highest BCUT2D eigenvalue weighted by molar-refractivity contribution is 7.89. The third-order valence-corrected chi connectivity index (χ3v) is 7.37. The van der Waals surface area contributed by atoms with Gasteiger partial charge >= 0.3 is 0 Å². The lowest BCUT2D eigenvalue weighted by molar-refractivity contribution is -0.116. The molecule has 0 bridgehead atoms. The van der Waals surface area contributed by atoms with Crippen LogP contribution in [0.4, 0.5) is 14.7 Å². The van der Waals surface area contributed by atoms with Crippen LogP contribution in [0.3, 0.4) is 0 Å². The van der Waals surface area contributed by atoms with Gasteiger partial charge in [0.25, 0.3) is 0 Å². The molecule has 0 aliphatic carbocycles. The van der Waals surface area contributed by atoms with Crippen LogP contribution in [0.5, 0.6) is 0 Å². The van der Waals surface area contributed by atoms with Crippen molar-refractivity contribution >= 4 is 16.0 Å². The summed E-state index contributed by atoms with van der Waals surface area (Å²) in [6.07, 6.45) is -0.0277. The molecule has 0 N–H and O–H groups in total. The van der Waals surface area contributed by atoms with E-state index in [0.717, 1.165) is 10.5 Å². The van der Waals surface area contributed by atoms with Crippen molar-refractivity contribution in [2.75, 3.05) is 31.1 Å². The quantitative estimate of drug-likeness (QED) is 0.749. The van der Waals surface area contributed by atoms with Gasteiger partial charge in [0.15, 0.2) is 17.7 Å². The third kappa shape index (κ3) is 3.38. The molecule has 0 saturated carbocycles. The minimum Gasteiger partial charge on any atom is -0.355 e. The Balaban J connectivity index is 1.60. The van der Waals surface area contributed by atoms with E-state index in [0.29, 0.717) is 6.42 Å². The summed E-state index contributed by atoms with van der Waals surface area (Å²) < 4.78 is 62.2. The van der Waals surface area contributed by atoms with Gasteiger partial charge in [0.1, 0.15) is 0 Å². The molecule has 0 amide bonds. The molecule has 3 heterocycles. The molecule has 2 saturated heterocycles. The first-order chi connectivity index (χ1) is 13.9. The van der Waals surface area contributed by atoms with E-state index in [9.17, 15) is 12.8 Å². The average Bonchev–Trinajstić information content (AvgIpc) is 3.17. The average molecular weight is 424 g/mol. The third-order valence-electron chi connectivity index (χ3n) is 5.43. The molecule has 156 valence electrons. The normalized spacial score (nSPS) is 25.6. The van der Waals surface area contributed by atoms with Crippen LogP contribution >= 0.6 is 0 Å². The summed E-state index contributed by atoms with van der Waals surface area (Å²) in [7, 11) is -3.91. The van der Waals surface area contributed by atoms with E-state index in [1.54, 1.807) is 30.0 Å². The van der Waals surface area contributed by atoms with Crippen molar-refractivity contribution in [3.05, 3.63) is 48.0 Å². The summed E-state index contributed by atoms with van der Waals surface area (Å²) in [5.41, 5.74) is -1.30. The molecule has 0 radical (unpaired) electrons. The van der Waals surface area contributed by atoms with Crippen molar-refractivity contribution in [2.45, 2.75) is 36.6 Å². The minimum absolute atomic E-state index is 0.0880. The molecule has 1 aromatic carbocycles. The molecule has 2 aliphatic rings. The molecular formula is C19H22F2N4O3S. The molecular weight excluding hydrogens is 402 g/mol. The van der Waals surface area contributed by atoms with Gasteiger partial charge in [-0.05, 0) is 18.6 Å². The van der Waals surface area contributed by atoms with Gasteiger partial charge in [-0.1, -0.05) is 25.1 Å². The van der Waals surface area contributed by atoms with Gasteiger partial charge in [0.05, 0.1) is 29.9 Å². The number of rotatable bonds is 4. The van der Waals surface area contributed by atoms with Gasteiger partial charge in [-0.25, -0.2) is 27.2 Å². The van der Waals surface area contributed by atoms with E-state index in [2.05, 4.69) is 9.97 Å². The highest BCUT2D eigenvalue weighted by atomic mass is 32.2. The number of anilines is 1. The zero-order chi connectivity index (χ0) is 20.6. The van der Waals surface area contributed by atoms with Crippen molar-refractivity contribution < 1.29 is 21.9 Å². The van der Waals surface area contributed by atoms with Crippen LogP contribution in [0.2, 0.25) is 0 Å². The number of ether oxygens (including phenoxy) is 1. The molecule has 0 unspecified atom stereocenters. The largest absolute Gasteiger partial charge is 0.355 e. The van der Waals surface area contributed by atoms with Gasteiger partial charge < -0.3 is 9.64 Å². The Labute approximate surface area is 168 Å². The topological polar surface area (TPSA) is 75.6 Å². The predicted octanol–water partition coefficient (Wildman–Crippen LogP) is 2.14. The van der Waals surface area contributed by atoms with Crippen molar-refractivity contribution in [3.63, 3.8) is 0 Å². The summed E-state index contributed by atoms with van der Waals surface area (Å²) >= 11 is 0. The molecule has 1 spiro atoms. The standard InChI is InChI=1S/C19H22F2N4O3S/c1-2-16-15(20)12-22-18(23-16)24-9-8-19(17(21)13-24)25(10-11-28-19)29(26,27)14-6-4-3-5-7-14/h3-7,12,17H,2,8-11,13H2,1H3/t17-,19-/m0/s1. The van der Waals surface area contributed by atoms with E-state index in [1.807, 2.05) is 0 Å². The lowest BCUT2D eigenvalue weighted by atomic mass is 9.99. The molecule has 2 aliphatic heterocycles. The molecule has 29 heavy (non-hydrogen) atoms. The van der Waals surface area contributed by atoms with Gasteiger partial charge in [0.2, 0.25) is 16.0 Å². The SMILES string of the molecule is CCc1nc(N2CC[C@]3(OCCN3S(=O)(=O)c3ccccc3)[C@@H](F)C2)ncc1F. The fourth-order valence-corrected chi connectivity index (χ4v) is 5.64. The van der Waals surface area contributed by atoms with Crippen LogP contribution in [0.1, 0.15) is 19.0 Å². The maximum atomic E-state index is 15.4. The van der Waals surface area contributed by atoms with E-state index in [1.165, 1.54) is 12.1 Å². The monoisotopic (exact) mass is 424 g/mol. The number of hydrogen-bond acceptors (Lipinski definition) is 6. The number of halogens is 2. The molecule has 7 nitrogen and oxygen atoms in total. The molecule has 10 heteroatoms. The van der Waals surface area contributed by atoms with Gasteiger partial charge in [-0.2, -0.15) is 4.31 Å². The zero-order valence-corrected chi connectivity index (χ0v) is 16.8. The summed E-state index contributed by atoms with van der Waals surface area (Å²) in [4.78, 5) is 9.86. The van der Waals surface area contributed by atoms with Crippen LogP contribution in [0.25, 0.3) is 0 Å². The van der Waals surface area contributed by atoms with Crippen molar-refractivity contribution in [3.8, 4) is 0 Å². The Hall–Kier alpha value is -2.17. The van der Waals surface area contributed by atoms with Crippen molar-refractivity contribution in [1.82, 2.24) is 14.3 Å². The van der Waals surface area contributed by atoms with E-state index in [-0.39, 0.29) is 49.2 Å². The Morgan fingerprint density at radius 3 is 2.72 bits per heavy atom. The second-order valence-corrected chi connectivity index (χ2v) is 8.93. The Morgan fingerprint density at radius 1 is 1.28 bits per heavy atom. The Kier molecular flexibility index (Phi) is 5.26. The van der Waals surface area contributed by atoms with Crippen molar-refractivity contribution in [2.24, 2.45) is 0 Å². The van der Waals surface area contributed by atoms with Crippen LogP contribution in [-0.4, -0.2) is 60.8 Å². The number of sulfonamides is 1. The second-order valence-electron chi connectivity index (χ2n) is 7.07. The fourth-order valence-electron chi connectivity index (χ4n) is 3.91. The van der Waals surface area contributed by atoms with E-state index >= 15 is 4.39 Å². The predicted molar refractivity (Wildman–Crippen MR) is 102 cm³/mol. The van der Waals surface area contributed by atoms with E-state index in [4.69, 9.17) is 4.74 Å². The molecule has 2 fully saturated rings. The number of alkyl halides is 1. The Bertz CT molecular complexity index is 992. The number of piperidine rings is 1. The molecule has 2 aromatic rings. The first-order valence-corrected chi connectivity index (χ1v) is 10.9. The number of benzene rings is 1. The summed E-state index contributed by atoms with van der Waals surface area (Å²) in [6.45, 7) is 2.13. The van der Waals surface area contributed by atoms with Gasteiger partial charge in [0, 0.05) is 19.5 Å². The first kappa shape index (κ1) is 20.1. The summed E-state index contributed by atoms with van der Waals surface area (Å²) in [5.74, 6) is -0.267. The lowest BCUT2D eigenvalue weighted by Crippen LogP contribution is -2.62. The maximum Gasteiger partial charge on any atom is 0.245 e. The number of hydrogen-bond donors (Lipinski definition) is 0. The van der Waals surface area contributed by atoms with Gasteiger partial charge in [-0.15, -0.1) is 0 Å². The lowest BCUT2D eigenvalue weighted by Gasteiger charge is -2.45. The van der Waals surface area contributed by atoms with Gasteiger partial charge in [-0.3, -0.25) is 0 Å². The first-order valence-electron chi connectivity index (χ1n) is 9.51. The Morgan fingerprint density at radius 2 is 2.03 bits per heavy atom. The van der Waals surface area contributed by atoms with Crippen molar-refractivity contribution in [1.29, 1.82) is 0 Å². The smallest absolute Gasteiger partial charge is 0.245 e. The summed E-state index contributed by atoms with van der Waals surface area (Å²) in [5, 5.41) is 0. The van der Waals surface area contributed by atoms with Crippen LogP contribution in [0, 0.1) is 5.82 Å². The minimum atomic E-state index is -3.91. The fraction of sp³-hybridized carbons (Fsp3) is 0.474. The van der Waals surface area contributed by atoms with E-state index < -0.39 is 27.7 Å². The van der Waals surface area contributed by atoms with Crippen LogP contribution in [-0.2, 0) is 21.2 Å². The zero-order valence-electron chi connectivity index (χ0n) is 16.0.